The number of hydrogen-bond donors (Lipinski definition) is 0. The summed E-state index contributed by atoms with van der Waals surface area (Å²) < 4.78 is 4.18. The van der Waals surface area contributed by atoms with Crippen LogP contribution in [0, 0.1) is 20.8 Å². The fraction of sp³-hybridized carbons (Fsp3) is 0.118. The van der Waals surface area contributed by atoms with Crippen molar-refractivity contribution in [2.45, 2.75) is 26.2 Å². The number of fused-ring (bicyclic) bond motifs is 3. The van der Waals surface area contributed by atoms with Gasteiger partial charge in [-0.3, -0.25) is 0 Å². The Bertz CT molecular complexity index is 1630. The van der Waals surface area contributed by atoms with Gasteiger partial charge in [-0.05, 0) is 113 Å². The highest BCUT2D eigenvalue weighted by molar-refractivity contribution is 9.11. The molecule has 1 aliphatic rings. The van der Waals surface area contributed by atoms with Gasteiger partial charge in [0.2, 0.25) is 0 Å². The molecule has 0 fully saturated rings. The largest absolute Gasteiger partial charge is 0.0715 e. The van der Waals surface area contributed by atoms with Crippen molar-refractivity contribution in [3.8, 4) is 22.3 Å². The van der Waals surface area contributed by atoms with Gasteiger partial charge in [0.1, 0.15) is 0 Å². The van der Waals surface area contributed by atoms with Crippen LogP contribution in [0.1, 0.15) is 38.9 Å². The summed E-state index contributed by atoms with van der Waals surface area (Å²) in [6.07, 6.45) is 0. The average Bonchev–Trinajstić information content (AvgIpc) is 3.14. The molecule has 38 heavy (non-hydrogen) atoms. The molecule has 0 bridgehead atoms. The SMILES string of the molecule is Cc1cc(C)c(-c2cccc3c2-c2ccccc2C3(c2cc(Br)cc(Br)c2)c2cc(Br)cc(Br)c2)c(C)c1. The molecule has 0 atom stereocenters. The summed E-state index contributed by atoms with van der Waals surface area (Å²) in [5.41, 5.74) is 13.6. The topological polar surface area (TPSA) is 0 Å². The molecule has 4 heteroatoms. The molecule has 0 aliphatic heterocycles. The van der Waals surface area contributed by atoms with Crippen LogP contribution in [0.2, 0.25) is 0 Å². The van der Waals surface area contributed by atoms with Gasteiger partial charge in [-0.15, -0.1) is 0 Å². The molecular formula is C34H24Br4. The first-order valence-electron chi connectivity index (χ1n) is 12.4. The fourth-order valence-corrected chi connectivity index (χ4v) is 9.06. The highest BCUT2D eigenvalue weighted by Crippen LogP contribution is 2.59. The summed E-state index contributed by atoms with van der Waals surface area (Å²) in [6, 6.07) is 33.6. The summed E-state index contributed by atoms with van der Waals surface area (Å²) in [5, 5.41) is 0. The van der Waals surface area contributed by atoms with Gasteiger partial charge in [-0.25, -0.2) is 0 Å². The maximum absolute atomic E-state index is 3.79. The van der Waals surface area contributed by atoms with Crippen LogP contribution in [-0.2, 0) is 5.41 Å². The zero-order chi connectivity index (χ0) is 26.8. The van der Waals surface area contributed by atoms with E-state index in [1.807, 2.05) is 0 Å². The lowest BCUT2D eigenvalue weighted by Crippen LogP contribution is -2.28. The summed E-state index contributed by atoms with van der Waals surface area (Å²) in [5.74, 6) is 0. The molecule has 5 aromatic carbocycles. The molecule has 0 radical (unpaired) electrons. The van der Waals surface area contributed by atoms with E-state index in [0.717, 1.165) is 17.9 Å². The quantitative estimate of drug-likeness (QED) is 0.169. The molecule has 1 aliphatic carbocycles. The molecule has 188 valence electrons. The molecular weight excluding hydrogens is 728 g/mol. The van der Waals surface area contributed by atoms with Gasteiger partial charge in [0.25, 0.3) is 0 Å². The highest BCUT2D eigenvalue weighted by atomic mass is 79.9. The maximum atomic E-state index is 3.79. The molecule has 0 saturated carbocycles. The van der Waals surface area contributed by atoms with E-state index in [4.69, 9.17) is 0 Å². The number of hydrogen-bond acceptors (Lipinski definition) is 0. The van der Waals surface area contributed by atoms with Crippen molar-refractivity contribution < 1.29 is 0 Å². The van der Waals surface area contributed by atoms with Gasteiger partial charge in [-0.2, -0.15) is 0 Å². The van der Waals surface area contributed by atoms with Crippen LogP contribution >= 0.6 is 63.7 Å². The van der Waals surface area contributed by atoms with Gasteiger partial charge < -0.3 is 0 Å². The molecule has 0 spiro atoms. The second-order valence-corrected chi connectivity index (χ2v) is 13.8. The van der Waals surface area contributed by atoms with Crippen LogP contribution in [0.4, 0.5) is 0 Å². The Morgan fingerprint density at radius 2 is 0.947 bits per heavy atom. The Morgan fingerprint density at radius 3 is 1.50 bits per heavy atom. The molecule has 0 unspecified atom stereocenters. The van der Waals surface area contributed by atoms with E-state index in [-0.39, 0.29) is 0 Å². The molecule has 0 N–H and O–H groups in total. The third-order valence-corrected chi connectivity index (χ3v) is 9.44. The normalized spacial score (nSPS) is 13.3. The monoisotopic (exact) mass is 748 g/mol. The predicted molar refractivity (Wildman–Crippen MR) is 174 cm³/mol. The van der Waals surface area contributed by atoms with Gasteiger partial charge in [0.05, 0.1) is 5.41 Å². The smallest absolute Gasteiger partial charge is 0.0619 e. The molecule has 0 amide bonds. The van der Waals surface area contributed by atoms with Gasteiger partial charge >= 0.3 is 0 Å². The van der Waals surface area contributed by atoms with Gasteiger partial charge in [0.15, 0.2) is 0 Å². The Balaban J connectivity index is 1.82. The van der Waals surface area contributed by atoms with Crippen molar-refractivity contribution in [3.63, 3.8) is 0 Å². The van der Waals surface area contributed by atoms with Crippen molar-refractivity contribution in [2.24, 2.45) is 0 Å². The third kappa shape index (κ3) is 4.11. The van der Waals surface area contributed by atoms with Crippen LogP contribution in [0.25, 0.3) is 22.3 Å². The minimum absolute atomic E-state index is 0.507. The molecule has 0 heterocycles. The number of aryl methyl sites for hydroxylation is 3. The van der Waals surface area contributed by atoms with E-state index in [9.17, 15) is 0 Å². The molecule has 0 saturated heterocycles. The first-order chi connectivity index (χ1) is 18.2. The van der Waals surface area contributed by atoms with Crippen molar-refractivity contribution in [2.75, 3.05) is 0 Å². The van der Waals surface area contributed by atoms with E-state index in [0.29, 0.717) is 0 Å². The second kappa shape index (κ2) is 9.89. The first-order valence-corrected chi connectivity index (χ1v) is 15.6. The highest BCUT2D eigenvalue weighted by Gasteiger charge is 2.47. The van der Waals surface area contributed by atoms with Crippen LogP contribution in [0.3, 0.4) is 0 Å². The maximum Gasteiger partial charge on any atom is 0.0715 e. The van der Waals surface area contributed by atoms with Crippen molar-refractivity contribution in [1.82, 2.24) is 0 Å². The lowest BCUT2D eigenvalue weighted by Gasteiger charge is -2.34. The fourth-order valence-electron chi connectivity index (χ4n) is 6.47. The van der Waals surface area contributed by atoms with E-state index in [2.05, 4.69) is 175 Å². The Morgan fingerprint density at radius 1 is 0.474 bits per heavy atom. The molecule has 0 nitrogen and oxygen atoms in total. The van der Waals surface area contributed by atoms with Crippen LogP contribution in [0.15, 0.2) is 109 Å². The Labute approximate surface area is 258 Å². The standard InChI is InChI=1S/C34H24Br4/c1-19-11-20(2)32(21(3)12-19)29-8-6-10-31-33(29)28-7-4-5-9-30(28)34(31,22-13-24(35)17-25(36)14-22)23-15-26(37)18-27(38)16-23/h4-18H,1-3H3. The van der Waals surface area contributed by atoms with E-state index in [1.54, 1.807) is 0 Å². The summed E-state index contributed by atoms with van der Waals surface area (Å²) in [7, 11) is 0. The third-order valence-electron chi connectivity index (χ3n) is 7.61. The minimum Gasteiger partial charge on any atom is -0.0619 e. The number of benzene rings is 5. The lowest BCUT2D eigenvalue weighted by atomic mass is 9.67. The van der Waals surface area contributed by atoms with Crippen molar-refractivity contribution in [3.05, 3.63) is 148 Å². The molecule has 6 rings (SSSR count). The van der Waals surface area contributed by atoms with Crippen molar-refractivity contribution >= 4 is 63.7 Å². The Kier molecular flexibility index (Phi) is 6.83. The average molecular weight is 752 g/mol. The second-order valence-electron chi connectivity index (χ2n) is 10.1. The predicted octanol–water partition coefficient (Wildman–Crippen LogP) is 11.7. The van der Waals surface area contributed by atoms with Crippen LogP contribution in [0.5, 0.6) is 0 Å². The van der Waals surface area contributed by atoms with E-state index < -0.39 is 5.41 Å². The lowest BCUT2D eigenvalue weighted by molar-refractivity contribution is 0.765. The summed E-state index contributed by atoms with van der Waals surface area (Å²) >= 11 is 15.2. The molecule has 0 aromatic heterocycles. The van der Waals surface area contributed by atoms with Crippen LogP contribution < -0.4 is 0 Å². The number of rotatable bonds is 3. The zero-order valence-electron chi connectivity index (χ0n) is 21.2. The van der Waals surface area contributed by atoms with Crippen LogP contribution in [-0.4, -0.2) is 0 Å². The van der Waals surface area contributed by atoms with E-state index >= 15 is 0 Å². The number of halogens is 4. The van der Waals surface area contributed by atoms with Gasteiger partial charge in [0, 0.05) is 17.9 Å². The Hall–Kier alpha value is -1.98. The summed E-state index contributed by atoms with van der Waals surface area (Å²) in [4.78, 5) is 0. The van der Waals surface area contributed by atoms with Crippen molar-refractivity contribution in [1.29, 1.82) is 0 Å². The molecule has 5 aromatic rings. The summed E-state index contributed by atoms with van der Waals surface area (Å²) in [6.45, 7) is 6.65. The zero-order valence-corrected chi connectivity index (χ0v) is 27.5. The first kappa shape index (κ1) is 26.3. The van der Waals surface area contributed by atoms with Gasteiger partial charge in [-0.1, -0.05) is 124 Å². The van der Waals surface area contributed by atoms with E-state index in [1.165, 1.54) is 61.2 Å². The minimum atomic E-state index is -0.507.